The van der Waals surface area contributed by atoms with Crippen LogP contribution < -0.4 is 11.1 Å². The topological polar surface area (TPSA) is 107 Å². The fourth-order valence-corrected chi connectivity index (χ4v) is 2.00. The van der Waals surface area contributed by atoms with Gasteiger partial charge in [0.15, 0.2) is 0 Å². The lowest BCUT2D eigenvalue weighted by atomic mass is 10.0. The highest BCUT2D eigenvalue weighted by Gasteiger charge is 2.18. The monoisotopic (exact) mass is 331 g/mol. The Kier molecular flexibility index (Phi) is 9.32. The van der Waals surface area contributed by atoms with Crippen LogP contribution in [0.25, 0.3) is 0 Å². The predicted octanol–water partition coefficient (Wildman–Crippen LogP) is 1.95. The van der Waals surface area contributed by atoms with E-state index >= 15 is 0 Å². The second kappa shape index (κ2) is 10.1. The molecule has 0 radical (unpaired) electrons. The number of amides is 1. The van der Waals surface area contributed by atoms with E-state index in [4.69, 9.17) is 10.5 Å². The Morgan fingerprint density at radius 1 is 1.50 bits per heavy atom. The standard InChI is InChI=1S/C14H21N3O4.ClH/c1-3-13(16-14(18)8-12(9-15)21-2)10-5-4-6-11(7-10)17(19)20;/h4-7,12-13H,3,8-9,15H2,1-2H3,(H,16,18);1H. The number of carbonyl (C=O) groups is 1. The normalized spacial score (nSPS) is 12.9. The largest absolute Gasteiger partial charge is 0.380 e. The highest BCUT2D eigenvalue weighted by Crippen LogP contribution is 2.21. The van der Waals surface area contributed by atoms with Gasteiger partial charge in [-0.2, -0.15) is 0 Å². The van der Waals surface area contributed by atoms with Crippen molar-refractivity contribution in [3.8, 4) is 0 Å². The summed E-state index contributed by atoms with van der Waals surface area (Å²) in [6.07, 6.45) is 0.471. The van der Waals surface area contributed by atoms with E-state index in [9.17, 15) is 14.9 Å². The first-order valence-corrected chi connectivity index (χ1v) is 6.78. The Balaban J connectivity index is 0.00000441. The third-order valence-electron chi connectivity index (χ3n) is 3.24. The summed E-state index contributed by atoms with van der Waals surface area (Å²) in [6, 6.07) is 6.00. The quantitative estimate of drug-likeness (QED) is 0.559. The number of nitrogens with two attached hydrogens (primary N) is 1. The number of nitrogens with zero attached hydrogens (tertiary/aromatic N) is 1. The number of ether oxygens (including phenoxy) is 1. The molecule has 1 rings (SSSR count). The molecule has 0 aliphatic rings. The van der Waals surface area contributed by atoms with Crippen molar-refractivity contribution in [2.75, 3.05) is 13.7 Å². The van der Waals surface area contributed by atoms with Gasteiger partial charge in [0, 0.05) is 25.8 Å². The molecule has 0 aliphatic carbocycles. The summed E-state index contributed by atoms with van der Waals surface area (Å²) in [6.45, 7) is 2.16. The fourth-order valence-electron chi connectivity index (χ4n) is 2.00. The maximum Gasteiger partial charge on any atom is 0.269 e. The third kappa shape index (κ3) is 5.97. The van der Waals surface area contributed by atoms with Crippen molar-refractivity contribution >= 4 is 24.0 Å². The minimum Gasteiger partial charge on any atom is -0.380 e. The molecule has 2 unspecified atom stereocenters. The Morgan fingerprint density at radius 2 is 2.18 bits per heavy atom. The van der Waals surface area contributed by atoms with Gasteiger partial charge in [-0.25, -0.2) is 0 Å². The van der Waals surface area contributed by atoms with Crippen molar-refractivity contribution in [3.63, 3.8) is 0 Å². The highest BCUT2D eigenvalue weighted by atomic mass is 35.5. The van der Waals surface area contributed by atoms with Gasteiger partial charge >= 0.3 is 0 Å². The summed E-state index contributed by atoms with van der Waals surface area (Å²) in [5.41, 5.74) is 6.20. The van der Waals surface area contributed by atoms with Crippen LogP contribution >= 0.6 is 12.4 Å². The van der Waals surface area contributed by atoms with Crippen molar-refractivity contribution in [3.05, 3.63) is 39.9 Å². The first kappa shape index (κ1) is 20.3. The maximum absolute atomic E-state index is 12.0. The first-order chi connectivity index (χ1) is 10.0. The molecule has 0 fully saturated rings. The summed E-state index contributed by atoms with van der Waals surface area (Å²) < 4.78 is 5.07. The average molecular weight is 332 g/mol. The number of nitro benzene ring substituents is 1. The maximum atomic E-state index is 12.0. The number of hydrogen-bond acceptors (Lipinski definition) is 5. The fraction of sp³-hybridized carbons (Fsp3) is 0.500. The van der Waals surface area contributed by atoms with Gasteiger partial charge in [-0.05, 0) is 12.0 Å². The van der Waals surface area contributed by atoms with Crippen molar-refractivity contribution in [2.24, 2.45) is 5.73 Å². The van der Waals surface area contributed by atoms with Crippen molar-refractivity contribution < 1.29 is 14.5 Å². The SMILES string of the molecule is CCC(NC(=O)CC(CN)OC)c1cccc([N+](=O)[O-])c1.Cl. The molecule has 0 saturated carbocycles. The van der Waals surface area contributed by atoms with Crippen LogP contribution in [0.1, 0.15) is 31.4 Å². The minimum absolute atomic E-state index is 0. The molecule has 0 aromatic heterocycles. The zero-order valence-corrected chi connectivity index (χ0v) is 13.5. The van der Waals surface area contributed by atoms with Crippen LogP contribution in [0.4, 0.5) is 5.69 Å². The van der Waals surface area contributed by atoms with Crippen LogP contribution in [-0.2, 0) is 9.53 Å². The number of benzene rings is 1. The summed E-state index contributed by atoms with van der Waals surface area (Å²) in [5, 5.41) is 13.6. The van der Waals surface area contributed by atoms with E-state index in [1.807, 2.05) is 6.92 Å². The lowest BCUT2D eigenvalue weighted by molar-refractivity contribution is -0.384. The summed E-state index contributed by atoms with van der Waals surface area (Å²) in [5.74, 6) is -0.189. The molecule has 8 heteroatoms. The zero-order chi connectivity index (χ0) is 15.8. The molecule has 0 aliphatic heterocycles. The van der Waals surface area contributed by atoms with E-state index in [1.54, 1.807) is 12.1 Å². The van der Waals surface area contributed by atoms with Crippen LogP contribution in [0.15, 0.2) is 24.3 Å². The van der Waals surface area contributed by atoms with Gasteiger partial charge in [0.1, 0.15) is 0 Å². The van der Waals surface area contributed by atoms with Gasteiger partial charge in [-0.1, -0.05) is 19.1 Å². The second-order valence-corrected chi connectivity index (χ2v) is 4.68. The van der Waals surface area contributed by atoms with Crippen molar-refractivity contribution in [1.82, 2.24) is 5.32 Å². The Hall–Kier alpha value is -1.70. The van der Waals surface area contributed by atoms with Crippen LogP contribution in [0.5, 0.6) is 0 Å². The molecular weight excluding hydrogens is 310 g/mol. The second-order valence-electron chi connectivity index (χ2n) is 4.68. The van der Waals surface area contributed by atoms with Gasteiger partial charge < -0.3 is 15.8 Å². The molecule has 0 saturated heterocycles. The van der Waals surface area contributed by atoms with E-state index in [-0.39, 0.29) is 49.1 Å². The molecule has 2 atom stereocenters. The molecule has 0 bridgehead atoms. The number of carbonyl (C=O) groups excluding carboxylic acids is 1. The van der Waals surface area contributed by atoms with E-state index in [0.29, 0.717) is 12.0 Å². The van der Waals surface area contributed by atoms with Gasteiger partial charge in [0.2, 0.25) is 5.91 Å². The van der Waals surface area contributed by atoms with Gasteiger partial charge in [-0.3, -0.25) is 14.9 Å². The van der Waals surface area contributed by atoms with E-state index in [0.717, 1.165) is 0 Å². The predicted molar refractivity (Wildman–Crippen MR) is 86.0 cm³/mol. The highest BCUT2D eigenvalue weighted by molar-refractivity contribution is 5.85. The molecule has 22 heavy (non-hydrogen) atoms. The number of halogens is 1. The Labute approximate surface area is 135 Å². The lowest BCUT2D eigenvalue weighted by Crippen LogP contribution is -2.34. The van der Waals surface area contributed by atoms with Gasteiger partial charge in [0.25, 0.3) is 5.69 Å². The van der Waals surface area contributed by atoms with E-state index in [2.05, 4.69) is 5.32 Å². The van der Waals surface area contributed by atoms with Crippen LogP contribution in [0.2, 0.25) is 0 Å². The van der Waals surface area contributed by atoms with Gasteiger partial charge in [-0.15, -0.1) is 12.4 Å². The van der Waals surface area contributed by atoms with E-state index in [1.165, 1.54) is 19.2 Å². The zero-order valence-electron chi connectivity index (χ0n) is 12.7. The van der Waals surface area contributed by atoms with Crippen LogP contribution in [-0.4, -0.2) is 30.6 Å². The molecule has 124 valence electrons. The number of rotatable bonds is 8. The molecule has 7 nitrogen and oxygen atoms in total. The molecule has 1 amide bonds. The first-order valence-electron chi connectivity index (χ1n) is 6.78. The molecule has 1 aromatic carbocycles. The summed E-state index contributed by atoms with van der Waals surface area (Å²) in [7, 11) is 1.50. The molecule has 0 spiro atoms. The Bertz CT molecular complexity index is 495. The lowest BCUT2D eigenvalue weighted by Gasteiger charge is -2.19. The smallest absolute Gasteiger partial charge is 0.269 e. The van der Waals surface area contributed by atoms with Crippen molar-refractivity contribution in [2.45, 2.75) is 31.9 Å². The number of nitrogens with one attached hydrogen (secondary N) is 1. The summed E-state index contributed by atoms with van der Waals surface area (Å²) >= 11 is 0. The molecule has 0 heterocycles. The number of hydrogen-bond donors (Lipinski definition) is 2. The van der Waals surface area contributed by atoms with E-state index < -0.39 is 4.92 Å². The summed E-state index contributed by atoms with van der Waals surface area (Å²) in [4.78, 5) is 22.3. The van der Waals surface area contributed by atoms with Gasteiger partial charge in [0.05, 0.1) is 23.5 Å². The molecule has 3 N–H and O–H groups in total. The number of methoxy groups -OCH3 is 1. The molecule has 1 aromatic rings. The third-order valence-corrected chi connectivity index (χ3v) is 3.24. The minimum atomic E-state index is -0.451. The average Bonchev–Trinajstić information content (AvgIpc) is 2.50. The van der Waals surface area contributed by atoms with Crippen LogP contribution in [0.3, 0.4) is 0 Å². The number of nitro groups is 1. The van der Waals surface area contributed by atoms with Crippen molar-refractivity contribution in [1.29, 1.82) is 0 Å². The Morgan fingerprint density at radius 3 is 2.68 bits per heavy atom. The molecular formula is C14H22ClN3O4. The number of non-ortho nitro benzene ring substituents is 1. The van der Waals surface area contributed by atoms with Crippen LogP contribution in [0, 0.1) is 10.1 Å².